The van der Waals surface area contributed by atoms with Crippen molar-refractivity contribution in [1.29, 1.82) is 0 Å². The van der Waals surface area contributed by atoms with Gasteiger partial charge >= 0.3 is 0 Å². The lowest BCUT2D eigenvalue weighted by atomic mass is 10.1. The number of hydrogen-bond acceptors (Lipinski definition) is 6. The van der Waals surface area contributed by atoms with Crippen LogP contribution in [0.2, 0.25) is 0 Å². The minimum Gasteiger partial charge on any atom is -0.493 e. The fourth-order valence-electron chi connectivity index (χ4n) is 3.14. The molecule has 0 amide bonds. The standard InChI is InChI=1S/C20H19N3O4/c1-25-7-8-27-19-10-16-14(9-18(19)26-2)20(22-12-21-16)15-11-23(24)17-6-4-3-5-13(15)17/h3-6,9-12,24H,7-8H2,1-2H3. The van der Waals surface area contributed by atoms with Gasteiger partial charge in [-0.1, -0.05) is 18.2 Å². The third-order valence-corrected chi connectivity index (χ3v) is 4.41. The van der Waals surface area contributed by atoms with Gasteiger partial charge in [-0.15, -0.1) is 0 Å². The van der Waals surface area contributed by atoms with Crippen molar-refractivity contribution in [2.75, 3.05) is 27.4 Å². The minimum atomic E-state index is 0.411. The fourth-order valence-corrected chi connectivity index (χ4v) is 3.14. The Bertz CT molecular complexity index is 1110. The first kappa shape index (κ1) is 17.1. The molecule has 4 rings (SSSR count). The van der Waals surface area contributed by atoms with E-state index in [1.54, 1.807) is 20.4 Å². The van der Waals surface area contributed by atoms with Gasteiger partial charge in [0.1, 0.15) is 12.9 Å². The zero-order valence-corrected chi connectivity index (χ0v) is 15.0. The van der Waals surface area contributed by atoms with Crippen molar-refractivity contribution in [3.63, 3.8) is 0 Å². The second-order valence-corrected chi connectivity index (χ2v) is 5.99. The normalized spacial score (nSPS) is 11.2. The number of methoxy groups -OCH3 is 2. The van der Waals surface area contributed by atoms with E-state index in [9.17, 15) is 5.21 Å². The van der Waals surface area contributed by atoms with E-state index in [-0.39, 0.29) is 0 Å². The molecular weight excluding hydrogens is 346 g/mol. The van der Waals surface area contributed by atoms with Crippen LogP contribution in [0.3, 0.4) is 0 Å². The summed E-state index contributed by atoms with van der Waals surface area (Å²) in [5.74, 6) is 1.18. The molecule has 0 bridgehead atoms. The number of benzene rings is 2. The molecule has 0 unspecified atom stereocenters. The van der Waals surface area contributed by atoms with Crippen LogP contribution in [0.1, 0.15) is 0 Å². The molecule has 27 heavy (non-hydrogen) atoms. The van der Waals surface area contributed by atoms with Gasteiger partial charge in [0.05, 0.1) is 36.6 Å². The Morgan fingerprint density at radius 2 is 1.85 bits per heavy atom. The van der Waals surface area contributed by atoms with Gasteiger partial charge in [-0.3, -0.25) is 0 Å². The molecule has 0 radical (unpaired) electrons. The van der Waals surface area contributed by atoms with Crippen LogP contribution < -0.4 is 9.47 Å². The number of aromatic nitrogens is 3. The second-order valence-electron chi connectivity index (χ2n) is 5.99. The first-order valence-electron chi connectivity index (χ1n) is 8.47. The van der Waals surface area contributed by atoms with Crippen molar-refractivity contribution in [1.82, 2.24) is 14.7 Å². The molecular formula is C20H19N3O4. The van der Waals surface area contributed by atoms with Gasteiger partial charge < -0.3 is 19.4 Å². The van der Waals surface area contributed by atoms with E-state index in [2.05, 4.69) is 9.97 Å². The number of rotatable bonds is 6. The molecule has 4 aromatic rings. The van der Waals surface area contributed by atoms with Crippen molar-refractivity contribution in [3.05, 3.63) is 48.9 Å². The first-order valence-corrected chi connectivity index (χ1v) is 8.47. The SMILES string of the molecule is COCCOc1cc2ncnc(-c3cn(O)c4ccccc34)c2cc1OC. The summed E-state index contributed by atoms with van der Waals surface area (Å²) >= 11 is 0. The average molecular weight is 365 g/mol. The Balaban J connectivity index is 1.89. The maximum atomic E-state index is 10.2. The molecule has 0 aliphatic carbocycles. The molecule has 0 saturated heterocycles. The molecule has 0 fully saturated rings. The summed E-state index contributed by atoms with van der Waals surface area (Å²) in [6.45, 7) is 0.889. The summed E-state index contributed by atoms with van der Waals surface area (Å²) in [4.78, 5) is 8.84. The van der Waals surface area contributed by atoms with Crippen LogP contribution in [-0.2, 0) is 4.74 Å². The molecule has 0 saturated carbocycles. The van der Waals surface area contributed by atoms with Gasteiger partial charge in [0, 0.05) is 29.5 Å². The molecule has 0 aliphatic rings. The maximum Gasteiger partial charge on any atom is 0.163 e. The Labute approximate surface area is 155 Å². The molecule has 0 aliphatic heterocycles. The van der Waals surface area contributed by atoms with Crippen molar-refractivity contribution in [2.45, 2.75) is 0 Å². The molecule has 2 aromatic carbocycles. The highest BCUT2D eigenvalue weighted by molar-refractivity contribution is 6.03. The van der Waals surface area contributed by atoms with E-state index in [1.165, 1.54) is 6.33 Å². The van der Waals surface area contributed by atoms with E-state index in [0.717, 1.165) is 26.6 Å². The Morgan fingerprint density at radius 3 is 2.67 bits per heavy atom. The lowest BCUT2D eigenvalue weighted by Gasteiger charge is -2.12. The van der Waals surface area contributed by atoms with Crippen molar-refractivity contribution in [3.8, 4) is 22.8 Å². The smallest absolute Gasteiger partial charge is 0.163 e. The highest BCUT2D eigenvalue weighted by Crippen LogP contribution is 2.37. The number of para-hydroxylation sites is 1. The topological polar surface area (TPSA) is 78.6 Å². The van der Waals surface area contributed by atoms with Crippen LogP contribution in [0, 0.1) is 0 Å². The van der Waals surface area contributed by atoms with Crippen LogP contribution in [0.15, 0.2) is 48.9 Å². The maximum absolute atomic E-state index is 10.2. The quantitative estimate of drug-likeness (QED) is 0.416. The summed E-state index contributed by atoms with van der Waals surface area (Å²) < 4.78 is 17.4. The Morgan fingerprint density at radius 1 is 1.00 bits per heavy atom. The summed E-state index contributed by atoms with van der Waals surface area (Å²) in [6.07, 6.45) is 3.16. The molecule has 2 aromatic heterocycles. The Hall–Kier alpha value is -3.32. The predicted molar refractivity (Wildman–Crippen MR) is 102 cm³/mol. The zero-order chi connectivity index (χ0) is 18.8. The van der Waals surface area contributed by atoms with E-state index < -0.39 is 0 Å². The summed E-state index contributed by atoms with van der Waals surface area (Å²) in [6, 6.07) is 11.3. The lowest BCUT2D eigenvalue weighted by Crippen LogP contribution is -2.05. The van der Waals surface area contributed by atoms with Crippen LogP contribution in [0.5, 0.6) is 11.5 Å². The lowest BCUT2D eigenvalue weighted by molar-refractivity contribution is 0.144. The molecule has 0 atom stereocenters. The van der Waals surface area contributed by atoms with Crippen molar-refractivity contribution in [2.24, 2.45) is 0 Å². The summed E-state index contributed by atoms with van der Waals surface area (Å²) in [7, 11) is 3.21. The summed E-state index contributed by atoms with van der Waals surface area (Å²) in [5.41, 5.74) is 2.97. The van der Waals surface area contributed by atoms with E-state index >= 15 is 0 Å². The highest BCUT2D eigenvalue weighted by atomic mass is 16.5. The molecule has 0 spiro atoms. The van der Waals surface area contributed by atoms with Gasteiger partial charge in [0.2, 0.25) is 0 Å². The van der Waals surface area contributed by atoms with Crippen LogP contribution in [-0.4, -0.2) is 47.3 Å². The van der Waals surface area contributed by atoms with E-state index in [1.807, 2.05) is 36.4 Å². The average Bonchev–Trinajstić information content (AvgIpc) is 3.04. The molecule has 1 N–H and O–H groups in total. The molecule has 7 nitrogen and oxygen atoms in total. The largest absolute Gasteiger partial charge is 0.493 e. The number of fused-ring (bicyclic) bond motifs is 2. The van der Waals surface area contributed by atoms with Gasteiger partial charge in [-0.25, -0.2) is 9.97 Å². The van der Waals surface area contributed by atoms with Crippen LogP contribution >= 0.6 is 0 Å². The molecule has 138 valence electrons. The van der Waals surface area contributed by atoms with Gasteiger partial charge in [0.25, 0.3) is 0 Å². The number of nitrogens with zero attached hydrogens (tertiary/aromatic N) is 3. The van der Waals surface area contributed by atoms with Gasteiger partial charge in [-0.2, -0.15) is 4.73 Å². The zero-order valence-electron chi connectivity index (χ0n) is 15.0. The second kappa shape index (κ2) is 7.13. The van der Waals surface area contributed by atoms with Crippen molar-refractivity contribution >= 4 is 21.8 Å². The predicted octanol–water partition coefficient (Wildman–Crippen LogP) is 3.52. The van der Waals surface area contributed by atoms with Gasteiger partial charge in [-0.05, 0) is 12.1 Å². The third-order valence-electron chi connectivity index (χ3n) is 4.41. The fraction of sp³-hybridized carbons (Fsp3) is 0.200. The highest BCUT2D eigenvalue weighted by Gasteiger charge is 2.16. The van der Waals surface area contributed by atoms with Crippen LogP contribution in [0.4, 0.5) is 0 Å². The van der Waals surface area contributed by atoms with E-state index in [4.69, 9.17) is 14.2 Å². The molecule has 7 heteroatoms. The summed E-state index contributed by atoms with van der Waals surface area (Å²) in [5, 5.41) is 11.9. The third kappa shape index (κ3) is 3.02. The minimum absolute atomic E-state index is 0.411. The van der Waals surface area contributed by atoms with Crippen LogP contribution in [0.25, 0.3) is 33.1 Å². The number of ether oxygens (including phenoxy) is 3. The molecule has 2 heterocycles. The monoisotopic (exact) mass is 365 g/mol. The van der Waals surface area contributed by atoms with E-state index in [0.29, 0.717) is 35.9 Å². The first-order chi connectivity index (χ1) is 13.2. The van der Waals surface area contributed by atoms with Gasteiger partial charge in [0.15, 0.2) is 11.5 Å². The Kier molecular flexibility index (Phi) is 4.52. The van der Waals surface area contributed by atoms with Crippen molar-refractivity contribution < 1.29 is 19.4 Å². The number of hydrogen-bond donors (Lipinski definition) is 1.